The molecule has 3 rings (SSSR count). The first kappa shape index (κ1) is 14.0. The van der Waals surface area contributed by atoms with Crippen molar-refractivity contribution in [3.63, 3.8) is 0 Å². The average Bonchev–Trinajstić information content (AvgIpc) is 2.92. The van der Waals surface area contributed by atoms with E-state index in [0.29, 0.717) is 11.8 Å². The van der Waals surface area contributed by atoms with Gasteiger partial charge in [-0.15, -0.1) is 11.8 Å². The van der Waals surface area contributed by atoms with Crippen molar-refractivity contribution in [2.24, 2.45) is 0 Å². The highest BCUT2D eigenvalue weighted by Gasteiger charge is 2.29. The molecule has 3 nitrogen and oxygen atoms in total. The highest BCUT2D eigenvalue weighted by molar-refractivity contribution is 7.99. The van der Waals surface area contributed by atoms with E-state index in [0.717, 1.165) is 37.6 Å². The number of nitrogens with zero attached hydrogens (tertiary/aromatic N) is 1. The second kappa shape index (κ2) is 6.64. The van der Waals surface area contributed by atoms with Gasteiger partial charge in [0.25, 0.3) is 0 Å². The lowest BCUT2D eigenvalue weighted by atomic mass is 9.92. The lowest BCUT2D eigenvalue weighted by Crippen LogP contribution is -2.45. The summed E-state index contributed by atoms with van der Waals surface area (Å²) in [4.78, 5) is 14.5. The Morgan fingerprint density at radius 2 is 2.05 bits per heavy atom. The van der Waals surface area contributed by atoms with Crippen LogP contribution in [0.4, 0.5) is 0 Å². The number of thioether (sulfide) groups is 1. The molecule has 2 atom stereocenters. The second-order valence-electron chi connectivity index (χ2n) is 5.64. The molecule has 20 heavy (non-hydrogen) atoms. The molecule has 2 saturated heterocycles. The van der Waals surface area contributed by atoms with Gasteiger partial charge in [0, 0.05) is 24.7 Å². The molecule has 0 aromatic heterocycles. The van der Waals surface area contributed by atoms with Crippen LogP contribution in [-0.2, 0) is 4.79 Å². The van der Waals surface area contributed by atoms with E-state index >= 15 is 0 Å². The number of benzene rings is 1. The maximum atomic E-state index is 12.4. The molecule has 0 aliphatic carbocycles. The predicted molar refractivity (Wildman–Crippen MR) is 83.9 cm³/mol. The minimum atomic E-state index is 0.0493. The highest BCUT2D eigenvalue weighted by Crippen LogP contribution is 2.28. The number of hydrogen-bond donors (Lipinski definition) is 1. The molecule has 2 aliphatic rings. The molecule has 2 heterocycles. The zero-order chi connectivity index (χ0) is 13.8. The Bertz CT molecular complexity index is 445. The second-order valence-corrected chi connectivity index (χ2v) is 6.67. The van der Waals surface area contributed by atoms with Crippen molar-refractivity contribution in [1.29, 1.82) is 0 Å². The fourth-order valence-corrected chi connectivity index (χ4v) is 4.08. The van der Waals surface area contributed by atoms with E-state index in [1.807, 2.05) is 11.8 Å². The SMILES string of the molecule is O=C([C@H]1CSCN1)N1CCC[C@H](c2ccccc2)CC1. The molecule has 1 aromatic rings. The minimum Gasteiger partial charge on any atom is -0.341 e. The van der Waals surface area contributed by atoms with Crippen LogP contribution in [0.25, 0.3) is 0 Å². The van der Waals surface area contributed by atoms with Gasteiger partial charge in [-0.3, -0.25) is 10.1 Å². The van der Waals surface area contributed by atoms with Crippen LogP contribution in [0.1, 0.15) is 30.7 Å². The topological polar surface area (TPSA) is 32.3 Å². The number of hydrogen-bond acceptors (Lipinski definition) is 3. The number of amides is 1. The Balaban J connectivity index is 1.60. The molecular formula is C16H22N2OS. The van der Waals surface area contributed by atoms with E-state index < -0.39 is 0 Å². The summed E-state index contributed by atoms with van der Waals surface area (Å²) in [5.41, 5.74) is 1.43. The van der Waals surface area contributed by atoms with Crippen LogP contribution in [0, 0.1) is 0 Å². The van der Waals surface area contributed by atoms with E-state index in [9.17, 15) is 4.79 Å². The molecule has 1 amide bonds. The van der Waals surface area contributed by atoms with E-state index in [2.05, 4.69) is 40.5 Å². The Labute approximate surface area is 125 Å². The van der Waals surface area contributed by atoms with Gasteiger partial charge in [-0.1, -0.05) is 30.3 Å². The van der Waals surface area contributed by atoms with Crippen LogP contribution in [0.5, 0.6) is 0 Å². The molecule has 0 unspecified atom stereocenters. The zero-order valence-corrected chi connectivity index (χ0v) is 12.6. The number of carbonyl (C=O) groups is 1. The van der Waals surface area contributed by atoms with Crippen molar-refractivity contribution in [3.8, 4) is 0 Å². The van der Waals surface area contributed by atoms with Crippen molar-refractivity contribution in [2.75, 3.05) is 24.7 Å². The lowest BCUT2D eigenvalue weighted by Gasteiger charge is -2.23. The van der Waals surface area contributed by atoms with Crippen LogP contribution < -0.4 is 5.32 Å². The summed E-state index contributed by atoms with van der Waals surface area (Å²) < 4.78 is 0. The minimum absolute atomic E-state index is 0.0493. The lowest BCUT2D eigenvalue weighted by molar-refractivity contribution is -0.132. The van der Waals surface area contributed by atoms with Crippen molar-refractivity contribution in [1.82, 2.24) is 10.2 Å². The van der Waals surface area contributed by atoms with Gasteiger partial charge in [0.1, 0.15) is 0 Å². The summed E-state index contributed by atoms with van der Waals surface area (Å²) in [5, 5.41) is 3.29. The third-order valence-electron chi connectivity index (χ3n) is 4.33. The maximum Gasteiger partial charge on any atom is 0.240 e. The van der Waals surface area contributed by atoms with E-state index in [1.165, 1.54) is 12.0 Å². The third kappa shape index (κ3) is 3.18. The van der Waals surface area contributed by atoms with E-state index in [-0.39, 0.29) is 6.04 Å². The molecule has 0 saturated carbocycles. The van der Waals surface area contributed by atoms with Gasteiger partial charge in [-0.2, -0.15) is 0 Å². The first-order chi connectivity index (χ1) is 9.84. The van der Waals surface area contributed by atoms with Crippen molar-refractivity contribution in [3.05, 3.63) is 35.9 Å². The van der Waals surface area contributed by atoms with E-state index in [1.54, 1.807) is 0 Å². The standard InChI is InChI=1S/C16H22N2OS/c19-16(15-11-20-12-17-15)18-9-4-7-14(8-10-18)13-5-2-1-3-6-13/h1-3,5-6,14-15,17H,4,7-12H2/t14-,15+/m0/s1. The Hall–Kier alpha value is -1.00. The van der Waals surface area contributed by atoms with Gasteiger partial charge in [0.05, 0.1) is 6.04 Å². The fraction of sp³-hybridized carbons (Fsp3) is 0.562. The molecule has 1 aromatic carbocycles. The first-order valence-electron chi connectivity index (χ1n) is 7.49. The average molecular weight is 290 g/mol. The summed E-state index contributed by atoms with van der Waals surface area (Å²) in [5.74, 6) is 2.76. The summed E-state index contributed by atoms with van der Waals surface area (Å²) in [7, 11) is 0. The third-order valence-corrected chi connectivity index (χ3v) is 5.26. The number of carbonyl (C=O) groups excluding carboxylic acids is 1. The van der Waals surface area contributed by atoms with Crippen LogP contribution in [0.15, 0.2) is 30.3 Å². The molecule has 0 bridgehead atoms. The molecular weight excluding hydrogens is 268 g/mol. The first-order valence-corrected chi connectivity index (χ1v) is 8.65. The van der Waals surface area contributed by atoms with Crippen molar-refractivity contribution >= 4 is 17.7 Å². The number of rotatable bonds is 2. The highest BCUT2D eigenvalue weighted by atomic mass is 32.2. The molecule has 0 spiro atoms. The van der Waals surface area contributed by atoms with Crippen molar-refractivity contribution < 1.29 is 4.79 Å². The Kier molecular flexibility index (Phi) is 4.63. The summed E-state index contributed by atoms with van der Waals surface area (Å²) >= 11 is 1.82. The van der Waals surface area contributed by atoms with Gasteiger partial charge < -0.3 is 4.90 Å². The van der Waals surface area contributed by atoms with Crippen LogP contribution >= 0.6 is 11.8 Å². The largest absolute Gasteiger partial charge is 0.341 e. The summed E-state index contributed by atoms with van der Waals surface area (Å²) in [6.45, 7) is 1.83. The monoisotopic (exact) mass is 290 g/mol. The normalized spacial score (nSPS) is 27.3. The quantitative estimate of drug-likeness (QED) is 0.908. The number of nitrogens with one attached hydrogen (secondary N) is 1. The van der Waals surface area contributed by atoms with E-state index in [4.69, 9.17) is 0 Å². The molecule has 1 N–H and O–H groups in total. The smallest absolute Gasteiger partial charge is 0.240 e. The van der Waals surface area contributed by atoms with Gasteiger partial charge in [-0.25, -0.2) is 0 Å². The van der Waals surface area contributed by atoms with Crippen molar-refractivity contribution in [2.45, 2.75) is 31.2 Å². The molecule has 108 valence electrons. The predicted octanol–water partition coefficient (Wildman–Crippen LogP) is 2.45. The fourth-order valence-electron chi connectivity index (χ4n) is 3.15. The van der Waals surface area contributed by atoms with Crippen LogP contribution in [0.2, 0.25) is 0 Å². The van der Waals surface area contributed by atoms with Crippen LogP contribution in [-0.4, -0.2) is 41.6 Å². The Morgan fingerprint density at radius 3 is 2.80 bits per heavy atom. The molecule has 4 heteroatoms. The van der Waals surface area contributed by atoms with Gasteiger partial charge in [0.15, 0.2) is 0 Å². The van der Waals surface area contributed by atoms with Crippen LogP contribution in [0.3, 0.4) is 0 Å². The Morgan fingerprint density at radius 1 is 1.20 bits per heavy atom. The molecule has 0 radical (unpaired) electrons. The summed E-state index contributed by atoms with van der Waals surface area (Å²) in [6.07, 6.45) is 3.40. The molecule has 2 fully saturated rings. The van der Waals surface area contributed by atoms with Gasteiger partial charge in [-0.05, 0) is 30.7 Å². The summed E-state index contributed by atoms with van der Waals surface area (Å²) in [6, 6.07) is 10.8. The zero-order valence-electron chi connectivity index (χ0n) is 11.8. The number of likely N-dealkylation sites (tertiary alicyclic amines) is 1. The maximum absolute atomic E-state index is 12.4. The molecule has 2 aliphatic heterocycles. The van der Waals surface area contributed by atoms with Gasteiger partial charge in [0.2, 0.25) is 5.91 Å². The van der Waals surface area contributed by atoms with Gasteiger partial charge >= 0.3 is 0 Å².